The van der Waals surface area contributed by atoms with E-state index in [-0.39, 0.29) is 35.8 Å². The van der Waals surface area contributed by atoms with Gasteiger partial charge in [0.1, 0.15) is 22.0 Å². The van der Waals surface area contributed by atoms with E-state index in [1.807, 2.05) is 12.1 Å². The van der Waals surface area contributed by atoms with E-state index in [1.165, 1.54) is 44.7 Å². The van der Waals surface area contributed by atoms with Gasteiger partial charge in [-0.05, 0) is 124 Å². The number of nitrogens with zero attached hydrogens (tertiary/aromatic N) is 6. The average Bonchev–Trinajstić information content (AvgIpc) is 3.87. The van der Waals surface area contributed by atoms with Gasteiger partial charge < -0.3 is 24.7 Å². The number of ether oxygens (including phenoxy) is 2. The lowest BCUT2D eigenvalue weighted by Gasteiger charge is -2.56. The summed E-state index contributed by atoms with van der Waals surface area (Å²) in [5.74, 6) is 1.36. The predicted octanol–water partition coefficient (Wildman–Crippen LogP) is 8.07. The molecule has 1 amide bonds. The number of piperidine rings is 1. The second kappa shape index (κ2) is 18.0. The summed E-state index contributed by atoms with van der Waals surface area (Å²) in [6, 6.07) is 19.7. The summed E-state index contributed by atoms with van der Waals surface area (Å²) in [6.45, 7) is 3.32. The number of nitro groups is 1. The van der Waals surface area contributed by atoms with E-state index < -0.39 is 41.2 Å². The molecule has 19 heteroatoms. The molecular weight excluding hydrogens is 907 g/mol. The van der Waals surface area contributed by atoms with E-state index in [9.17, 15) is 27.5 Å². The topological polar surface area (TPSA) is 214 Å². The highest BCUT2D eigenvalue weighted by molar-refractivity contribution is 7.94. The summed E-state index contributed by atoms with van der Waals surface area (Å²) in [6.07, 6.45) is 15.8. The lowest BCUT2D eigenvalue weighted by atomic mass is 9.59. The van der Waals surface area contributed by atoms with Gasteiger partial charge in [0.25, 0.3) is 15.9 Å². The Morgan fingerprint density at radius 2 is 1.78 bits per heavy atom. The van der Waals surface area contributed by atoms with Crippen LogP contribution in [0, 0.1) is 15.5 Å². The molecule has 0 radical (unpaired) electrons. The molecule has 17 nitrogen and oxygen atoms in total. The molecule has 4 saturated heterocycles. The van der Waals surface area contributed by atoms with Crippen molar-refractivity contribution in [2.75, 3.05) is 54.5 Å². The Hall–Kier alpha value is -5.63. The quantitative estimate of drug-likeness (QED) is 0.0710. The minimum absolute atomic E-state index is 0.0481. The van der Waals surface area contributed by atoms with Crippen LogP contribution in [0.2, 0.25) is 0 Å². The SMILES string of the molecule is O=C(NS(=O)(=O)c1cnc(NCC2CCC(N=S3(=O)CCC3)CO2)c([N+](=O)[O-])c1)c1ccc(N2CCC3(CC2)CC(N2CCC[C@@H]2c2ccccc2C2CC2)C3)cc1Oc1cnc2[nH]ccc2c1. The van der Waals surface area contributed by atoms with Gasteiger partial charge in [-0.1, -0.05) is 24.3 Å². The Morgan fingerprint density at radius 1 is 0.971 bits per heavy atom. The van der Waals surface area contributed by atoms with Gasteiger partial charge in [-0.2, -0.15) is 0 Å². The fourth-order valence-electron chi connectivity index (χ4n) is 11.2. The van der Waals surface area contributed by atoms with Crippen molar-refractivity contribution in [3.8, 4) is 11.5 Å². The van der Waals surface area contributed by atoms with Gasteiger partial charge in [0.15, 0.2) is 0 Å². The van der Waals surface area contributed by atoms with Gasteiger partial charge in [0.05, 0.1) is 41.6 Å². The maximum absolute atomic E-state index is 14.0. The number of hydrogen-bond donors (Lipinski definition) is 3. The number of fused-ring (bicyclic) bond motifs is 1. The second-order valence-electron chi connectivity index (χ2n) is 19.7. The number of rotatable bonds is 14. The van der Waals surface area contributed by atoms with Gasteiger partial charge in [-0.15, -0.1) is 0 Å². The number of hydrogen-bond acceptors (Lipinski definition) is 14. The van der Waals surface area contributed by atoms with Gasteiger partial charge in [0.2, 0.25) is 5.82 Å². The van der Waals surface area contributed by atoms with Crippen molar-refractivity contribution in [3.63, 3.8) is 0 Å². The molecule has 2 unspecified atom stereocenters. The summed E-state index contributed by atoms with van der Waals surface area (Å²) < 4.78 is 58.9. The third-order valence-electron chi connectivity index (χ3n) is 15.2. The van der Waals surface area contributed by atoms with Crippen LogP contribution >= 0.6 is 0 Å². The van der Waals surface area contributed by atoms with Crippen LogP contribution in [0.1, 0.15) is 104 Å². The second-order valence-corrected chi connectivity index (χ2v) is 23.9. The Morgan fingerprint density at radius 3 is 2.51 bits per heavy atom. The van der Waals surface area contributed by atoms with E-state index in [1.54, 1.807) is 35.5 Å². The van der Waals surface area contributed by atoms with Crippen molar-refractivity contribution < 1.29 is 31.8 Å². The smallest absolute Gasteiger partial charge is 0.312 e. The molecule has 6 aliphatic rings. The van der Waals surface area contributed by atoms with E-state index in [4.69, 9.17) is 9.47 Å². The number of carbonyl (C=O) groups excluding carboxylic acids is 1. The van der Waals surface area contributed by atoms with Crippen LogP contribution in [-0.4, -0.2) is 106 Å². The summed E-state index contributed by atoms with van der Waals surface area (Å²) >= 11 is 0. The number of aromatic nitrogens is 3. The highest BCUT2D eigenvalue weighted by Crippen LogP contribution is 2.55. The number of sulfonamides is 1. The first-order valence-corrected chi connectivity index (χ1v) is 27.4. The average molecular weight is 964 g/mol. The first-order valence-electron chi connectivity index (χ1n) is 24.0. The number of pyridine rings is 2. The maximum Gasteiger partial charge on any atom is 0.312 e. The molecular formula is C49H57N9O8S2. The highest BCUT2D eigenvalue weighted by atomic mass is 32.2. The predicted molar refractivity (Wildman–Crippen MR) is 258 cm³/mol. The van der Waals surface area contributed by atoms with Crippen molar-refractivity contribution in [3.05, 3.63) is 106 Å². The number of benzene rings is 2. The molecule has 68 heavy (non-hydrogen) atoms. The van der Waals surface area contributed by atoms with E-state index in [0.29, 0.717) is 59.8 Å². The third-order valence-corrected chi connectivity index (χ3v) is 19.0. The van der Waals surface area contributed by atoms with Crippen LogP contribution in [-0.2, 0) is 24.5 Å². The van der Waals surface area contributed by atoms with E-state index in [0.717, 1.165) is 68.2 Å². The molecule has 4 aliphatic heterocycles. The monoisotopic (exact) mass is 963 g/mol. The zero-order valence-corrected chi connectivity index (χ0v) is 39.5. The van der Waals surface area contributed by atoms with Crippen LogP contribution in [0.25, 0.3) is 11.0 Å². The molecule has 7 heterocycles. The lowest BCUT2D eigenvalue weighted by Crippen LogP contribution is -2.54. The number of aromatic amines is 1. The first kappa shape index (κ1) is 44.9. The zero-order chi connectivity index (χ0) is 46.6. The fourth-order valence-corrected chi connectivity index (χ4v) is 13.8. The van der Waals surface area contributed by atoms with Crippen molar-refractivity contribution in [1.29, 1.82) is 0 Å². The minimum Gasteiger partial charge on any atom is -0.455 e. The molecule has 3 atom stereocenters. The number of likely N-dealkylation sites (tertiary alicyclic amines) is 1. The Balaban J connectivity index is 0.763. The number of H-pyrrole nitrogens is 1. The molecule has 11 rings (SSSR count). The molecule has 2 aromatic carbocycles. The lowest BCUT2D eigenvalue weighted by molar-refractivity contribution is -0.384. The molecule has 3 aromatic heterocycles. The molecule has 1 spiro atoms. The molecule has 5 aromatic rings. The van der Waals surface area contributed by atoms with Gasteiger partial charge in [-0.25, -0.2) is 31.7 Å². The summed E-state index contributed by atoms with van der Waals surface area (Å²) in [5, 5.41) is 15.9. The first-order chi connectivity index (χ1) is 32.9. The fraction of sp³-hybridized carbons (Fsp3) is 0.490. The van der Waals surface area contributed by atoms with Crippen LogP contribution in [0.4, 0.5) is 17.2 Å². The van der Waals surface area contributed by atoms with Crippen LogP contribution in [0.15, 0.2) is 88.5 Å². The van der Waals surface area contributed by atoms with E-state index >= 15 is 0 Å². The van der Waals surface area contributed by atoms with Crippen LogP contribution in [0.3, 0.4) is 0 Å². The van der Waals surface area contributed by atoms with Crippen molar-refractivity contribution in [2.24, 2.45) is 9.78 Å². The van der Waals surface area contributed by atoms with Crippen LogP contribution < -0.4 is 19.7 Å². The standard InChI is InChI=1S/C49H57N9O8S2/c59-48(55-68(63,64)39-25-44(58(60)61)47(53-30-39)52-28-37-12-10-34(31-65-37)54-67(62)21-4-22-67)42-13-11-35(24-45(42)66-38-23-33-14-17-50-46(33)51-29-38)56-19-15-49(16-20-56)26-36(27-49)57-18-3-7-43(57)41-6-2-1-5-40(41)32-8-9-32/h1-2,5-6,11,13-14,17,23-25,29-30,32,34,36-37,43H,3-4,7-10,12,15-16,18-22,26-28,31H2,(H,50,51)(H,52,53)(H,55,59)/t34?,37?,43-/m1/s1. The van der Waals surface area contributed by atoms with Crippen molar-refractivity contribution >= 4 is 53.9 Å². The highest BCUT2D eigenvalue weighted by Gasteiger charge is 2.50. The molecule has 0 bridgehead atoms. The number of anilines is 2. The largest absolute Gasteiger partial charge is 0.455 e. The van der Waals surface area contributed by atoms with Gasteiger partial charge in [0, 0.05) is 82.4 Å². The van der Waals surface area contributed by atoms with Gasteiger partial charge >= 0.3 is 5.69 Å². The number of amides is 1. The Labute approximate surface area is 396 Å². The van der Waals surface area contributed by atoms with Gasteiger partial charge in [-0.3, -0.25) is 19.8 Å². The van der Waals surface area contributed by atoms with Crippen molar-refractivity contribution in [1.82, 2.24) is 24.6 Å². The van der Waals surface area contributed by atoms with Crippen LogP contribution in [0.5, 0.6) is 11.5 Å². The third kappa shape index (κ3) is 9.17. The zero-order valence-electron chi connectivity index (χ0n) is 37.9. The minimum atomic E-state index is -4.66. The molecule has 2 saturated carbocycles. The Bertz CT molecular complexity index is 2970. The molecule has 3 N–H and O–H groups in total. The number of carbonyl (C=O) groups is 1. The normalized spacial score (nSPS) is 23.7. The number of nitrogens with one attached hydrogen (secondary N) is 3. The molecule has 6 fully saturated rings. The van der Waals surface area contributed by atoms with E-state index in [2.05, 4.69) is 63.4 Å². The summed E-state index contributed by atoms with van der Waals surface area (Å²) in [7, 11) is -6.76. The molecule has 2 aliphatic carbocycles. The maximum atomic E-state index is 14.0. The summed E-state index contributed by atoms with van der Waals surface area (Å²) in [4.78, 5) is 41.6. The molecule has 358 valence electrons. The summed E-state index contributed by atoms with van der Waals surface area (Å²) in [5.41, 5.74) is 4.30. The van der Waals surface area contributed by atoms with Crippen molar-refractivity contribution in [2.45, 2.75) is 106 Å². The Kier molecular flexibility index (Phi) is 11.9.